The molecule has 0 aromatic heterocycles. The third-order valence-corrected chi connectivity index (χ3v) is 5.34. The summed E-state index contributed by atoms with van der Waals surface area (Å²) < 4.78 is 15.7. The fraction of sp³-hybridized carbons (Fsp3) is 0.550. The molecule has 1 saturated carbocycles. The quantitative estimate of drug-likeness (QED) is 0.423. The van der Waals surface area contributed by atoms with Crippen molar-refractivity contribution in [3.8, 4) is 5.75 Å². The van der Waals surface area contributed by atoms with E-state index in [0.717, 1.165) is 32.1 Å². The van der Waals surface area contributed by atoms with Gasteiger partial charge in [0.1, 0.15) is 11.3 Å². The summed E-state index contributed by atoms with van der Waals surface area (Å²) in [4.78, 5) is 36.1. The van der Waals surface area contributed by atoms with Crippen molar-refractivity contribution in [2.75, 3.05) is 6.79 Å². The number of rotatable bonds is 6. The first-order valence-corrected chi connectivity index (χ1v) is 10.1. The zero-order chi connectivity index (χ0) is 20.8. The van der Waals surface area contributed by atoms with Crippen molar-refractivity contribution in [1.29, 1.82) is 0 Å². The van der Waals surface area contributed by atoms with Crippen LogP contribution in [-0.2, 0) is 25.5 Å². The minimum Gasteiger partial charge on any atom is -0.534 e. The van der Waals surface area contributed by atoms with Crippen molar-refractivity contribution >= 4 is 25.0 Å². The molecule has 29 heavy (non-hydrogen) atoms. The molecule has 0 saturated heterocycles. The van der Waals surface area contributed by atoms with E-state index >= 15 is 0 Å². The average molecular weight is 403 g/mol. The molecule has 1 aromatic rings. The summed E-state index contributed by atoms with van der Waals surface area (Å²) in [5.74, 6) is -1.75. The highest BCUT2D eigenvalue weighted by atomic mass is 16.7. The Morgan fingerprint density at radius 2 is 1.97 bits per heavy atom. The number of ether oxygens (including phenoxy) is 2. The number of para-hydroxylation sites is 1. The summed E-state index contributed by atoms with van der Waals surface area (Å²) in [6.45, 7) is 1.25. The van der Waals surface area contributed by atoms with E-state index in [4.69, 9.17) is 14.1 Å². The monoisotopic (exact) mass is 403 g/mol. The smallest absolute Gasteiger partial charge is 0.534 e. The highest BCUT2D eigenvalue weighted by molar-refractivity contribution is 6.47. The molecule has 2 N–H and O–H groups in total. The molecule has 1 aliphatic heterocycles. The van der Waals surface area contributed by atoms with Crippen LogP contribution in [0.2, 0.25) is 0 Å². The molecule has 1 aromatic carbocycles. The van der Waals surface area contributed by atoms with E-state index in [0.29, 0.717) is 18.4 Å². The summed E-state index contributed by atoms with van der Waals surface area (Å²) in [5.41, 5.74) is 0.806. The summed E-state index contributed by atoms with van der Waals surface area (Å²) in [6, 6.07) is 4.94. The second-order valence-corrected chi connectivity index (χ2v) is 7.38. The number of benzene rings is 1. The molecule has 1 amide bonds. The molecule has 8 nitrogen and oxygen atoms in total. The minimum absolute atomic E-state index is 0.124. The van der Waals surface area contributed by atoms with Crippen LogP contribution in [0.1, 0.15) is 61.4 Å². The molecule has 1 fully saturated rings. The molecule has 156 valence electrons. The zero-order valence-corrected chi connectivity index (χ0v) is 16.5. The lowest BCUT2D eigenvalue weighted by molar-refractivity contribution is -0.158. The second kappa shape index (κ2) is 9.78. The number of hydrogen-bond acceptors (Lipinski definition) is 7. The van der Waals surface area contributed by atoms with Crippen molar-refractivity contribution in [2.24, 2.45) is 5.92 Å². The van der Waals surface area contributed by atoms with Gasteiger partial charge in [-0.05, 0) is 30.9 Å². The van der Waals surface area contributed by atoms with Crippen LogP contribution in [0.5, 0.6) is 5.75 Å². The van der Waals surface area contributed by atoms with Crippen LogP contribution in [-0.4, -0.2) is 42.7 Å². The van der Waals surface area contributed by atoms with Gasteiger partial charge in [-0.1, -0.05) is 38.3 Å². The van der Waals surface area contributed by atoms with E-state index in [9.17, 15) is 19.4 Å². The van der Waals surface area contributed by atoms with Crippen molar-refractivity contribution in [3.05, 3.63) is 29.3 Å². The van der Waals surface area contributed by atoms with E-state index in [-0.39, 0.29) is 29.1 Å². The van der Waals surface area contributed by atoms with Crippen LogP contribution in [0.15, 0.2) is 18.2 Å². The predicted octanol–water partition coefficient (Wildman–Crippen LogP) is 1.77. The van der Waals surface area contributed by atoms with Crippen molar-refractivity contribution in [1.82, 2.24) is 5.32 Å². The normalized spacial score (nSPS) is 19.0. The van der Waals surface area contributed by atoms with Crippen LogP contribution >= 0.6 is 0 Å². The van der Waals surface area contributed by atoms with E-state index in [1.54, 1.807) is 19.1 Å². The third kappa shape index (κ3) is 5.29. The lowest BCUT2D eigenvalue weighted by Crippen LogP contribution is -2.53. The highest BCUT2D eigenvalue weighted by Gasteiger charge is 2.37. The van der Waals surface area contributed by atoms with Gasteiger partial charge in [0.05, 0.1) is 11.9 Å². The molecule has 9 heteroatoms. The van der Waals surface area contributed by atoms with Crippen LogP contribution in [0, 0.1) is 5.92 Å². The molecule has 1 aliphatic carbocycles. The lowest BCUT2D eigenvalue weighted by atomic mass is 9.72. The van der Waals surface area contributed by atoms with Gasteiger partial charge in [0, 0.05) is 6.42 Å². The number of nitrogens with one attached hydrogen (secondary N) is 1. The van der Waals surface area contributed by atoms with Gasteiger partial charge in [0.15, 0.2) is 0 Å². The Hall–Kier alpha value is -2.55. The first-order valence-electron chi connectivity index (χ1n) is 10.1. The Kier molecular flexibility index (Phi) is 7.14. The Morgan fingerprint density at radius 1 is 1.21 bits per heavy atom. The molecule has 1 unspecified atom stereocenters. The van der Waals surface area contributed by atoms with Gasteiger partial charge in [0.25, 0.3) is 0 Å². The Balaban J connectivity index is 1.58. The fourth-order valence-corrected chi connectivity index (χ4v) is 3.69. The summed E-state index contributed by atoms with van der Waals surface area (Å²) in [5, 5.41) is 12.9. The number of esters is 2. The number of fused-ring (bicyclic) bond motifs is 1. The first-order chi connectivity index (χ1) is 14.0. The van der Waals surface area contributed by atoms with Gasteiger partial charge in [0.2, 0.25) is 12.7 Å². The molecular formula is C20H26BNO7. The summed E-state index contributed by atoms with van der Waals surface area (Å²) in [7, 11) is -1.28. The van der Waals surface area contributed by atoms with Crippen LogP contribution < -0.4 is 9.97 Å². The number of carbonyl (C=O) groups is 3. The number of amides is 1. The van der Waals surface area contributed by atoms with Crippen LogP contribution in [0.3, 0.4) is 0 Å². The van der Waals surface area contributed by atoms with Crippen molar-refractivity contribution in [3.63, 3.8) is 0 Å². The van der Waals surface area contributed by atoms with Gasteiger partial charge >= 0.3 is 19.1 Å². The Bertz CT molecular complexity index is 763. The van der Waals surface area contributed by atoms with Crippen LogP contribution in [0.4, 0.5) is 0 Å². The van der Waals surface area contributed by atoms with Crippen LogP contribution in [0.25, 0.3) is 0 Å². The predicted molar refractivity (Wildman–Crippen MR) is 104 cm³/mol. The van der Waals surface area contributed by atoms with Gasteiger partial charge < -0.3 is 24.5 Å². The van der Waals surface area contributed by atoms with Crippen molar-refractivity contribution in [2.45, 2.75) is 57.8 Å². The van der Waals surface area contributed by atoms with Crippen molar-refractivity contribution < 1.29 is 33.5 Å². The standard InChI is InChI=1S/C20H26BNO7/c1-2-17(23)22-16-11-14-9-6-10-15(18(14)29-21(16)26)20(25)28-12-27-19(24)13-7-4-3-5-8-13/h6,9-10,13,16,26H,2-5,7-8,11-12H2,1H3,(H,22,23). The molecule has 0 bridgehead atoms. The van der Waals surface area contributed by atoms with E-state index in [1.807, 2.05) is 0 Å². The maximum absolute atomic E-state index is 12.4. The van der Waals surface area contributed by atoms with Gasteiger partial charge in [-0.3, -0.25) is 9.59 Å². The van der Waals surface area contributed by atoms with E-state index in [2.05, 4.69) is 5.32 Å². The number of carbonyl (C=O) groups excluding carboxylic acids is 3. The SMILES string of the molecule is CCC(=O)NC1Cc2cccc(C(=O)OCOC(=O)C3CCCCC3)c2OB1O. The van der Waals surface area contributed by atoms with Gasteiger partial charge in [-0.2, -0.15) is 0 Å². The van der Waals surface area contributed by atoms with Gasteiger partial charge in [-0.25, -0.2) is 4.79 Å². The molecule has 2 aliphatic rings. The lowest BCUT2D eigenvalue weighted by Gasteiger charge is -2.29. The average Bonchev–Trinajstić information content (AvgIpc) is 2.74. The van der Waals surface area contributed by atoms with E-state index < -0.39 is 25.8 Å². The second-order valence-electron chi connectivity index (χ2n) is 7.38. The largest absolute Gasteiger partial charge is 0.547 e. The minimum atomic E-state index is -1.28. The molecular weight excluding hydrogens is 377 g/mol. The van der Waals surface area contributed by atoms with E-state index in [1.165, 1.54) is 6.07 Å². The number of hydrogen-bond donors (Lipinski definition) is 2. The highest BCUT2D eigenvalue weighted by Crippen LogP contribution is 2.31. The molecule has 0 spiro atoms. The molecule has 1 heterocycles. The topological polar surface area (TPSA) is 111 Å². The maximum Gasteiger partial charge on any atom is 0.547 e. The maximum atomic E-state index is 12.4. The van der Waals surface area contributed by atoms with Gasteiger partial charge in [-0.15, -0.1) is 0 Å². The third-order valence-electron chi connectivity index (χ3n) is 5.34. The first kappa shape index (κ1) is 21.2. The summed E-state index contributed by atoms with van der Waals surface area (Å²) in [6.07, 6.45) is 5.37. The molecule has 1 atom stereocenters. The molecule has 3 rings (SSSR count). The Labute approximate surface area is 170 Å². The Morgan fingerprint density at radius 3 is 2.69 bits per heavy atom. The molecule has 0 radical (unpaired) electrons. The summed E-state index contributed by atoms with van der Waals surface area (Å²) >= 11 is 0. The fourth-order valence-electron chi connectivity index (χ4n) is 3.69. The zero-order valence-electron chi connectivity index (χ0n) is 16.5.